The smallest absolute Gasteiger partial charge is 0.131 e. The fourth-order valence-electron chi connectivity index (χ4n) is 2.04. The van der Waals surface area contributed by atoms with Crippen molar-refractivity contribution in [1.82, 2.24) is 9.97 Å². The maximum absolute atomic E-state index is 7.40. The van der Waals surface area contributed by atoms with Crippen molar-refractivity contribution in [3.63, 3.8) is 0 Å². The van der Waals surface area contributed by atoms with Gasteiger partial charge in [0.1, 0.15) is 5.82 Å². The van der Waals surface area contributed by atoms with Crippen LogP contribution in [0.25, 0.3) is 0 Å². The molecule has 104 valence electrons. The summed E-state index contributed by atoms with van der Waals surface area (Å²) in [6.07, 6.45) is 5.91. The molecule has 0 aliphatic carbocycles. The molecule has 0 fully saturated rings. The lowest BCUT2D eigenvalue weighted by Crippen LogP contribution is -2.28. The third-order valence-corrected chi connectivity index (χ3v) is 3.03. The van der Waals surface area contributed by atoms with Crippen molar-refractivity contribution in [2.24, 2.45) is 5.73 Å². The van der Waals surface area contributed by atoms with Crippen molar-refractivity contribution in [2.45, 2.75) is 19.9 Å². The van der Waals surface area contributed by atoms with Crippen LogP contribution >= 0.6 is 0 Å². The van der Waals surface area contributed by atoms with Crippen LogP contribution < -0.4 is 10.6 Å². The first-order valence-corrected chi connectivity index (χ1v) is 6.55. The molecule has 0 radical (unpaired) electrons. The van der Waals surface area contributed by atoms with Gasteiger partial charge >= 0.3 is 0 Å². The minimum Gasteiger partial charge on any atom is -0.388 e. The molecule has 3 N–H and O–H groups in total. The molecule has 0 spiro atoms. The molecule has 20 heavy (non-hydrogen) atoms. The zero-order valence-electron chi connectivity index (χ0n) is 11.6. The fraction of sp³-hybridized carbons (Fsp3) is 0.267. The zero-order chi connectivity index (χ0) is 14.4. The zero-order valence-corrected chi connectivity index (χ0v) is 11.6. The van der Waals surface area contributed by atoms with E-state index >= 15 is 0 Å². The van der Waals surface area contributed by atoms with Crippen molar-refractivity contribution >= 4 is 11.7 Å². The van der Waals surface area contributed by atoms with Gasteiger partial charge in [0, 0.05) is 38.1 Å². The summed E-state index contributed by atoms with van der Waals surface area (Å²) in [6.45, 7) is 3.41. The van der Waals surface area contributed by atoms with Crippen molar-refractivity contribution in [3.05, 3.63) is 54.0 Å². The molecule has 0 atom stereocenters. The second kappa shape index (κ2) is 6.65. The summed E-state index contributed by atoms with van der Waals surface area (Å²) in [5.41, 5.74) is 7.70. The Labute approximate surface area is 119 Å². The highest BCUT2D eigenvalue weighted by Gasteiger charge is 2.11. The second-order valence-electron chi connectivity index (χ2n) is 4.70. The van der Waals surface area contributed by atoms with Crippen LogP contribution in [0.3, 0.4) is 0 Å². The fourth-order valence-corrected chi connectivity index (χ4v) is 2.04. The summed E-state index contributed by atoms with van der Waals surface area (Å²) in [7, 11) is 0. The molecular formula is C15H19N5. The third-order valence-electron chi connectivity index (χ3n) is 3.03. The molecule has 0 saturated carbocycles. The molecule has 2 heterocycles. The largest absolute Gasteiger partial charge is 0.388 e. The number of nitrogens with zero attached hydrogens (tertiary/aromatic N) is 3. The van der Waals surface area contributed by atoms with Gasteiger partial charge in [-0.2, -0.15) is 0 Å². The molecule has 0 aromatic carbocycles. The van der Waals surface area contributed by atoms with E-state index in [1.807, 2.05) is 37.4 Å². The van der Waals surface area contributed by atoms with Gasteiger partial charge in [-0.05, 0) is 30.2 Å². The topological polar surface area (TPSA) is 78.9 Å². The molecule has 2 rings (SSSR count). The van der Waals surface area contributed by atoms with E-state index in [1.54, 1.807) is 12.4 Å². The summed E-state index contributed by atoms with van der Waals surface area (Å²) in [4.78, 5) is 10.7. The number of nitrogens with two attached hydrogens (primary N) is 1. The number of hydrogen-bond acceptors (Lipinski definition) is 4. The lowest BCUT2D eigenvalue weighted by molar-refractivity contribution is 0.780. The van der Waals surface area contributed by atoms with Crippen molar-refractivity contribution in [3.8, 4) is 0 Å². The minimum atomic E-state index is 0.190. The van der Waals surface area contributed by atoms with Crippen LogP contribution in [0.4, 0.5) is 5.82 Å². The van der Waals surface area contributed by atoms with Gasteiger partial charge in [-0.3, -0.25) is 10.4 Å². The number of amidine groups is 1. The Morgan fingerprint density at radius 3 is 2.75 bits per heavy atom. The average Bonchev–Trinajstić information content (AvgIpc) is 2.45. The van der Waals surface area contributed by atoms with Gasteiger partial charge in [0.15, 0.2) is 0 Å². The van der Waals surface area contributed by atoms with E-state index in [2.05, 4.69) is 14.9 Å². The van der Waals surface area contributed by atoms with Crippen LogP contribution in [0, 0.1) is 12.3 Å². The Bertz CT molecular complexity index is 567. The van der Waals surface area contributed by atoms with Gasteiger partial charge in [0.05, 0.1) is 5.84 Å². The first-order chi connectivity index (χ1) is 9.66. The first-order valence-electron chi connectivity index (χ1n) is 6.55. The van der Waals surface area contributed by atoms with Crippen LogP contribution in [0.2, 0.25) is 0 Å². The quantitative estimate of drug-likeness (QED) is 0.622. The van der Waals surface area contributed by atoms with Crippen LogP contribution in [-0.2, 0) is 6.54 Å². The van der Waals surface area contributed by atoms with E-state index in [1.165, 1.54) is 0 Å². The number of hydrogen-bond donors (Lipinski definition) is 2. The molecule has 0 unspecified atom stereocenters. The number of aryl methyl sites for hydroxylation is 1. The maximum atomic E-state index is 7.40. The van der Waals surface area contributed by atoms with E-state index < -0.39 is 0 Å². The van der Waals surface area contributed by atoms with Crippen LogP contribution in [0.5, 0.6) is 0 Å². The highest BCUT2D eigenvalue weighted by Crippen LogP contribution is 2.18. The van der Waals surface area contributed by atoms with Gasteiger partial charge in [-0.25, -0.2) is 4.98 Å². The van der Waals surface area contributed by atoms with Crippen LogP contribution in [-0.4, -0.2) is 22.3 Å². The van der Waals surface area contributed by atoms with Crippen molar-refractivity contribution in [2.75, 3.05) is 11.4 Å². The van der Waals surface area contributed by atoms with Gasteiger partial charge in [0.2, 0.25) is 0 Å². The molecule has 5 heteroatoms. The van der Waals surface area contributed by atoms with E-state index in [9.17, 15) is 0 Å². The highest BCUT2D eigenvalue weighted by atomic mass is 15.2. The molecule has 2 aromatic rings. The Morgan fingerprint density at radius 1 is 1.30 bits per heavy atom. The predicted molar refractivity (Wildman–Crippen MR) is 80.8 cm³/mol. The number of pyridine rings is 2. The number of anilines is 1. The van der Waals surface area contributed by atoms with Crippen molar-refractivity contribution < 1.29 is 0 Å². The summed E-state index contributed by atoms with van der Waals surface area (Å²) in [5.74, 6) is 1.12. The van der Waals surface area contributed by atoms with E-state index in [4.69, 9.17) is 11.1 Å². The van der Waals surface area contributed by atoms with Crippen LogP contribution in [0.15, 0.2) is 42.9 Å². The Morgan fingerprint density at radius 2 is 2.10 bits per heavy atom. The van der Waals surface area contributed by atoms with E-state index in [0.717, 1.165) is 16.9 Å². The summed E-state index contributed by atoms with van der Waals surface area (Å²) in [6, 6.07) is 7.91. The summed E-state index contributed by atoms with van der Waals surface area (Å²) in [5, 5.41) is 7.40. The van der Waals surface area contributed by atoms with Crippen molar-refractivity contribution in [1.29, 1.82) is 5.41 Å². The molecule has 0 saturated heterocycles. The van der Waals surface area contributed by atoms with Gasteiger partial charge in [-0.1, -0.05) is 12.1 Å². The van der Waals surface area contributed by atoms with E-state index in [0.29, 0.717) is 19.5 Å². The third kappa shape index (κ3) is 3.78. The molecule has 5 nitrogen and oxygen atoms in total. The molecule has 0 amide bonds. The van der Waals surface area contributed by atoms with Crippen LogP contribution in [0.1, 0.15) is 17.5 Å². The number of aromatic nitrogens is 2. The Balaban J connectivity index is 2.20. The maximum Gasteiger partial charge on any atom is 0.131 e. The summed E-state index contributed by atoms with van der Waals surface area (Å²) < 4.78 is 0. The van der Waals surface area contributed by atoms with Gasteiger partial charge in [0.25, 0.3) is 0 Å². The summed E-state index contributed by atoms with van der Waals surface area (Å²) >= 11 is 0. The molecular weight excluding hydrogens is 250 g/mol. The Kier molecular flexibility index (Phi) is 4.65. The lowest BCUT2D eigenvalue weighted by atomic mass is 10.2. The second-order valence-corrected chi connectivity index (χ2v) is 4.70. The highest BCUT2D eigenvalue weighted by molar-refractivity contribution is 5.77. The lowest BCUT2D eigenvalue weighted by Gasteiger charge is -2.25. The standard InChI is InChI=1S/C15H19N5/c1-12-4-2-8-19-15(12)20(9-6-14(16)17)11-13-5-3-7-18-10-13/h2-5,7-8,10H,6,9,11H2,1H3,(H3,16,17). The SMILES string of the molecule is Cc1cccnc1N(CCC(=N)N)Cc1cccnc1. The van der Waals surface area contributed by atoms with E-state index in [-0.39, 0.29) is 5.84 Å². The Hall–Kier alpha value is -2.43. The minimum absolute atomic E-state index is 0.190. The van der Waals surface area contributed by atoms with Gasteiger partial charge < -0.3 is 10.6 Å². The number of rotatable bonds is 6. The first kappa shape index (κ1) is 14.0. The molecule has 0 bridgehead atoms. The normalized spacial score (nSPS) is 10.2. The van der Waals surface area contributed by atoms with Gasteiger partial charge in [-0.15, -0.1) is 0 Å². The predicted octanol–water partition coefficient (Wildman–Crippen LogP) is 2.12. The average molecular weight is 269 g/mol. The monoisotopic (exact) mass is 269 g/mol. The number of nitrogens with one attached hydrogen (secondary N) is 1. The molecule has 0 aliphatic rings. The molecule has 0 aliphatic heterocycles. The molecule has 2 aromatic heterocycles.